The molecule has 0 aromatic heterocycles. The van der Waals surface area contributed by atoms with Crippen LogP contribution in [0, 0.1) is 17.8 Å². The standard InChI is InChI=1S/C15H30/c1-8-12(5)14(7)13(6)10-15(9-2)11(3)4/h11,13,15H,8-10H2,1-7H3. The van der Waals surface area contributed by atoms with Gasteiger partial charge in [0.1, 0.15) is 0 Å². The van der Waals surface area contributed by atoms with Gasteiger partial charge in [-0.25, -0.2) is 0 Å². The zero-order valence-electron chi connectivity index (χ0n) is 11.9. The van der Waals surface area contributed by atoms with Gasteiger partial charge in [0.05, 0.1) is 0 Å². The van der Waals surface area contributed by atoms with Crippen LogP contribution in [0.25, 0.3) is 0 Å². The molecule has 0 amide bonds. The van der Waals surface area contributed by atoms with Crippen molar-refractivity contribution >= 4 is 0 Å². The molecule has 0 saturated carbocycles. The summed E-state index contributed by atoms with van der Waals surface area (Å²) in [5.41, 5.74) is 3.21. The molecule has 0 aliphatic carbocycles. The molecule has 0 heterocycles. The van der Waals surface area contributed by atoms with Crippen LogP contribution in [0.3, 0.4) is 0 Å². The fourth-order valence-corrected chi connectivity index (χ4v) is 2.24. The lowest BCUT2D eigenvalue weighted by molar-refractivity contribution is 0.314. The predicted molar refractivity (Wildman–Crippen MR) is 71.1 cm³/mol. The van der Waals surface area contributed by atoms with Crippen LogP contribution in [0.4, 0.5) is 0 Å². The van der Waals surface area contributed by atoms with Crippen molar-refractivity contribution < 1.29 is 0 Å². The van der Waals surface area contributed by atoms with Crippen LogP contribution in [0.1, 0.15) is 67.7 Å². The Bertz CT molecular complexity index is 198. The molecule has 0 rings (SSSR count). The lowest BCUT2D eigenvalue weighted by Gasteiger charge is -2.24. The van der Waals surface area contributed by atoms with Crippen molar-refractivity contribution in [3.8, 4) is 0 Å². The monoisotopic (exact) mass is 210 g/mol. The van der Waals surface area contributed by atoms with Crippen molar-refractivity contribution in [2.24, 2.45) is 17.8 Å². The fourth-order valence-electron chi connectivity index (χ4n) is 2.24. The van der Waals surface area contributed by atoms with Crippen LogP contribution >= 0.6 is 0 Å². The van der Waals surface area contributed by atoms with Gasteiger partial charge >= 0.3 is 0 Å². The van der Waals surface area contributed by atoms with Crippen molar-refractivity contribution in [1.82, 2.24) is 0 Å². The Hall–Kier alpha value is -0.260. The van der Waals surface area contributed by atoms with E-state index in [-0.39, 0.29) is 0 Å². The van der Waals surface area contributed by atoms with E-state index in [1.54, 1.807) is 11.1 Å². The van der Waals surface area contributed by atoms with E-state index in [0.29, 0.717) is 0 Å². The van der Waals surface area contributed by atoms with Gasteiger partial charge in [0.2, 0.25) is 0 Å². The average molecular weight is 210 g/mol. The van der Waals surface area contributed by atoms with Crippen molar-refractivity contribution in [2.45, 2.75) is 67.7 Å². The first-order valence-corrected chi connectivity index (χ1v) is 6.60. The zero-order valence-corrected chi connectivity index (χ0v) is 11.9. The third-order valence-electron chi connectivity index (χ3n) is 4.07. The molecule has 15 heavy (non-hydrogen) atoms. The molecular formula is C15H30. The summed E-state index contributed by atoms with van der Waals surface area (Å²) in [7, 11) is 0. The van der Waals surface area contributed by atoms with Gasteiger partial charge in [-0.2, -0.15) is 0 Å². The summed E-state index contributed by atoms with van der Waals surface area (Å²) in [6, 6.07) is 0. The van der Waals surface area contributed by atoms with E-state index in [1.165, 1.54) is 19.3 Å². The topological polar surface area (TPSA) is 0 Å². The number of hydrogen-bond acceptors (Lipinski definition) is 0. The molecule has 0 radical (unpaired) electrons. The van der Waals surface area contributed by atoms with E-state index >= 15 is 0 Å². The normalized spacial score (nSPS) is 17.6. The van der Waals surface area contributed by atoms with Crippen LogP contribution in [0.15, 0.2) is 11.1 Å². The highest BCUT2D eigenvalue weighted by molar-refractivity contribution is 5.11. The van der Waals surface area contributed by atoms with Gasteiger partial charge < -0.3 is 0 Å². The third-order valence-corrected chi connectivity index (χ3v) is 4.07. The first-order chi connectivity index (χ1) is 6.93. The van der Waals surface area contributed by atoms with E-state index in [4.69, 9.17) is 0 Å². The molecule has 2 unspecified atom stereocenters. The molecule has 0 spiro atoms. The maximum absolute atomic E-state index is 2.39. The van der Waals surface area contributed by atoms with Gasteiger partial charge in [-0.3, -0.25) is 0 Å². The molecule has 0 bridgehead atoms. The second kappa shape index (κ2) is 7.09. The Kier molecular flexibility index (Phi) is 6.96. The Morgan fingerprint density at radius 1 is 1.00 bits per heavy atom. The van der Waals surface area contributed by atoms with Crippen LogP contribution in [0.2, 0.25) is 0 Å². The number of allylic oxidation sites excluding steroid dienone is 2. The molecule has 0 aromatic rings. The Balaban J connectivity index is 4.40. The van der Waals surface area contributed by atoms with Crippen molar-refractivity contribution in [3.63, 3.8) is 0 Å². The molecule has 0 nitrogen and oxygen atoms in total. The van der Waals surface area contributed by atoms with Gasteiger partial charge in [-0.1, -0.05) is 52.2 Å². The van der Waals surface area contributed by atoms with Crippen LogP contribution in [-0.2, 0) is 0 Å². The van der Waals surface area contributed by atoms with Crippen molar-refractivity contribution in [3.05, 3.63) is 11.1 Å². The minimum Gasteiger partial charge on any atom is -0.0744 e. The molecule has 0 aromatic carbocycles. The first kappa shape index (κ1) is 14.7. The second-order valence-electron chi connectivity index (χ2n) is 5.37. The summed E-state index contributed by atoms with van der Waals surface area (Å²) < 4.78 is 0. The highest BCUT2D eigenvalue weighted by Crippen LogP contribution is 2.28. The Morgan fingerprint density at radius 3 is 1.87 bits per heavy atom. The molecule has 2 atom stereocenters. The van der Waals surface area contributed by atoms with Crippen LogP contribution in [0.5, 0.6) is 0 Å². The van der Waals surface area contributed by atoms with Gasteiger partial charge in [0, 0.05) is 0 Å². The van der Waals surface area contributed by atoms with Crippen molar-refractivity contribution in [2.75, 3.05) is 0 Å². The highest BCUT2D eigenvalue weighted by Gasteiger charge is 2.16. The van der Waals surface area contributed by atoms with Crippen LogP contribution in [-0.4, -0.2) is 0 Å². The maximum Gasteiger partial charge on any atom is -0.0229 e. The molecule has 0 N–H and O–H groups in total. The summed E-state index contributed by atoms with van der Waals surface area (Å²) in [4.78, 5) is 0. The molecule has 0 aliphatic heterocycles. The maximum atomic E-state index is 2.39. The lowest BCUT2D eigenvalue weighted by atomic mass is 9.81. The van der Waals surface area contributed by atoms with E-state index < -0.39 is 0 Å². The SMILES string of the molecule is CCC(C)=C(C)C(C)CC(CC)C(C)C. The molecule has 0 aliphatic rings. The predicted octanol–water partition coefficient (Wildman–Crippen LogP) is 5.44. The third kappa shape index (κ3) is 4.86. The van der Waals surface area contributed by atoms with Gasteiger partial charge in [0.25, 0.3) is 0 Å². The number of rotatable bonds is 6. The van der Waals surface area contributed by atoms with Crippen LogP contribution < -0.4 is 0 Å². The number of hydrogen-bond donors (Lipinski definition) is 0. The summed E-state index contributed by atoms with van der Waals surface area (Å²) >= 11 is 0. The highest BCUT2D eigenvalue weighted by atomic mass is 14.2. The quantitative estimate of drug-likeness (QED) is 0.512. The molecular weight excluding hydrogens is 180 g/mol. The molecule has 0 heteroatoms. The minimum atomic E-state index is 0.761. The zero-order chi connectivity index (χ0) is 12.0. The second-order valence-corrected chi connectivity index (χ2v) is 5.37. The van der Waals surface area contributed by atoms with E-state index in [9.17, 15) is 0 Å². The Morgan fingerprint density at radius 2 is 1.53 bits per heavy atom. The fraction of sp³-hybridized carbons (Fsp3) is 0.867. The molecule has 0 fully saturated rings. The molecule has 90 valence electrons. The summed E-state index contributed by atoms with van der Waals surface area (Å²) in [6.45, 7) is 16.3. The van der Waals surface area contributed by atoms with Crippen molar-refractivity contribution in [1.29, 1.82) is 0 Å². The first-order valence-electron chi connectivity index (χ1n) is 6.60. The van der Waals surface area contributed by atoms with Gasteiger partial charge in [-0.15, -0.1) is 0 Å². The largest absolute Gasteiger partial charge is 0.0744 e. The smallest absolute Gasteiger partial charge is 0.0229 e. The van der Waals surface area contributed by atoms with E-state index in [1.807, 2.05) is 0 Å². The van der Waals surface area contributed by atoms with E-state index in [2.05, 4.69) is 48.5 Å². The summed E-state index contributed by atoms with van der Waals surface area (Å²) in [6.07, 6.45) is 3.88. The Labute approximate surface area is 97.2 Å². The summed E-state index contributed by atoms with van der Waals surface area (Å²) in [5.74, 6) is 2.48. The summed E-state index contributed by atoms with van der Waals surface area (Å²) in [5, 5.41) is 0. The van der Waals surface area contributed by atoms with Gasteiger partial charge in [-0.05, 0) is 44.4 Å². The minimum absolute atomic E-state index is 0.761. The van der Waals surface area contributed by atoms with E-state index in [0.717, 1.165) is 17.8 Å². The molecule has 0 saturated heterocycles. The lowest BCUT2D eigenvalue weighted by Crippen LogP contribution is -2.13. The van der Waals surface area contributed by atoms with Gasteiger partial charge in [0.15, 0.2) is 0 Å². The average Bonchev–Trinajstić information content (AvgIpc) is 2.22.